The first-order chi connectivity index (χ1) is 9.97. The van der Waals surface area contributed by atoms with Crippen LogP contribution in [0.15, 0.2) is 17.0 Å². The molecule has 2 aliphatic rings. The number of hydrogen-bond acceptors (Lipinski definition) is 3. The number of aliphatic hydroxyl groups excluding tert-OH is 1. The van der Waals surface area contributed by atoms with E-state index in [-0.39, 0.29) is 11.5 Å². The molecule has 1 unspecified atom stereocenters. The number of fused-ring (bicyclic) bond motifs is 1. The SMILES string of the molecule is O=S(=O)(c1ccc(C2CC2)c2c1C(O)C(F)(F)C2)C(F)(F)F. The Morgan fingerprint density at radius 3 is 2.27 bits per heavy atom. The van der Waals surface area contributed by atoms with Crippen molar-refractivity contribution in [3.63, 3.8) is 0 Å². The largest absolute Gasteiger partial charge is 0.501 e. The molecule has 0 aliphatic heterocycles. The number of alkyl halides is 5. The lowest BCUT2D eigenvalue weighted by atomic mass is 9.99. The van der Waals surface area contributed by atoms with Gasteiger partial charge in [0, 0.05) is 12.0 Å². The van der Waals surface area contributed by atoms with Crippen LogP contribution < -0.4 is 0 Å². The van der Waals surface area contributed by atoms with E-state index in [9.17, 15) is 35.5 Å². The monoisotopic (exact) mass is 342 g/mol. The second kappa shape index (κ2) is 4.41. The van der Waals surface area contributed by atoms with Gasteiger partial charge in [-0.2, -0.15) is 13.2 Å². The van der Waals surface area contributed by atoms with Crippen molar-refractivity contribution in [3.8, 4) is 0 Å². The van der Waals surface area contributed by atoms with E-state index in [1.807, 2.05) is 0 Å². The van der Waals surface area contributed by atoms with Gasteiger partial charge in [-0.1, -0.05) is 6.07 Å². The van der Waals surface area contributed by atoms with Gasteiger partial charge in [-0.15, -0.1) is 0 Å². The number of sulfone groups is 1. The standard InChI is InChI=1S/C13H11F5O3S/c14-12(15)5-8-7(6-1-2-6)3-4-9(10(8)11(12)19)22(20,21)13(16,17)18/h3-4,6,11,19H,1-2,5H2. The normalized spacial score (nSPS) is 24.4. The van der Waals surface area contributed by atoms with Crippen molar-refractivity contribution in [2.45, 2.75) is 47.6 Å². The molecule has 0 aromatic heterocycles. The Bertz CT molecular complexity index is 735. The molecule has 3 rings (SSSR count). The van der Waals surface area contributed by atoms with Gasteiger partial charge in [-0.05, 0) is 36.0 Å². The first kappa shape index (κ1) is 15.7. The fourth-order valence-electron chi connectivity index (χ4n) is 2.84. The fraction of sp³-hybridized carbons (Fsp3) is 0.538. The molecule has 2 aliphatic carbocycles. The van der Waals surface area contributed by atoms with Crippen molar-refractivity contribution in [2.24, 2.45) is 0 Å². The Labute approximate surface area is 122 Å². The van der Waals surface area contributed by atoms with Gasteiger partial charge < -0.3 is 5.11 Å². The van der Waals surface area contributed by atoms with E-state index in [0.717, 1.165) is 6.07 Å². The molecule has 1 saturated carbocycles. The fourth-order valence-corrected chi connectivity index (χ4v) is 3.86. The van der Waals surface area contributed by atoms with Crippen LogP contribution in [0.25, 0.3) is 0 Å². The van der Waals surface area contributed by atoms with Gasteiger partial charge in [-0.3, -0.25) is 0 Å². The van der Waals surface area contributed by atoms with E-state index >= 15 is 0 Å². The van der Waals surface area contributed by atoms with Crippen molar-refractivity contribution in [2.75, 3.05) is 0 Å². The van der Waals surface area contributed by atoms with Gasteiger partial charge >= 0.3 is 5.51 Å². The lowest BCUT2D eigenvalue weighted by Gasteiger charge is -2.17. The summed E-state index contributed by atoms with van der Waals surface area (Å²) in [5.41, 5.74) is -6.16. The molecule has 3 nitrogen and oxygen atoms in total. The Morgan fingerprint density at radius 1 is 1.18 bits per heavy atom. The van der Waals surface area contributed by atoms with Crippen LogP contribution in [-0.2, 0) is 16.3 Å². The third-order valence-electron chi connectivity index (χ3n) is 4.05. The maximum atomic E-state index is 13.7. The van der Waals surface area contributed by atoms with E-state index in [4.69, 9.17) is 0 Å². The van der Waals surface area contributed by atoms with E-state index in [0.29, 0.717) is 24.5 Å². The van der Waals surface area contributed by atoms with Crippen molar-refractivity contribution in [1.29, 1.82) is 0 Å². The Morgan fingerprint density at radius 2 is 1.77 bits per heavy atom. The van der Waals surface area contributed by atoms with Crippen LogP contribution in [0.3, 0.4) is 0 Å². The van der Waals surface area contributed by atoms with E-state index in [1.54, 1.807) is 0 Å². The first-order valence-corrected chi connectivity index (χ1v) is 7.98. The summed E-state index contributed by atoms with van der Waals surface area (Å²) >= 11 is 0. The third-order valence-corrected chi connectivity index (χ3v) is 5.60. The lowest BCUT2D eigenvalue weighted by molar-refractivity contribution is -0.0978. The van der Waals surface area contributed by atoms with Crippen molar-refractivity contribution in [1.82, 2.24) is 0 Å². The Balaban J connectivity index is 2.26. The highest BCUT2D eigenvalue weighted by molar-refractivity contribution is 7.92. The van der Waals surface area contributed by atoms with E-state index < -0.39 is 44.3 Å². The highest BCUT2D eigenvalue weighted by Crippen LogP contribution is 2.52. The predicted molar refractivity (Wildman–Crippen MR) is 65.3 cm³/mol. The van der Waals surface area contributed by atoms with Crippen LogP contribution in [0.4, 0.5) is 22.0 Å². The van der Waals surface area contributed by atoms with Gasteiger partial charge in [0.25, 0.3) is 15.8 Å². The molecule has 1 aromatic carbocycles. The maximum Gasteiger partial charge on any atom is 0.501 e. The maximum absolute atomic E-state index is 13.7. The summed E-state index contributed by atoms with van der Waals surface area (Å²) in [5, 5.41) is 9.66. The minimum absolute atomic E-state index is 0.0579. The second-order valence-electron chi connectivity index (χ2n) is 5.61. The zero-order chi connectivity index (χ0) is 16.5. The molecule has 1 fully saturated rings. The minimum atomic E-state index is -5.80. The quantitative estimate of drug-likeness (QED) is 0.841. The summed E-state index contributed by atoms with van der Waals surface area (Å²) in [7, 11) is -5.80. The van der Waals surface area contributed by atoms with Crippen molar-refractivity contribution in [3.05, 3.63) is 28.8 Å². The first-order valence-electron chi connectivity index (χ1n) is 6.50. The predicted octanol–water partition coefficient (Wildman–Crippen LogP) is 3.08. The molecule has 0 heterocycles. The Kier molecular flexibility index (Phi) is 3.14. The van der Waals surface area contributed by atoms with Gasteiger partial charge in [0.1, 0.15) is 6.10 Å². The molecular formula is C13H11F5O3S. The number of hydrogen-bond donors (Lipinski definition) is 1. The topological polar surface area (TPSA) is 54.4 Å². The van der Waals surface area contributed by atoms with Crippen LogP contribution in [-0.4, -0.2) is 25.0 Å². The van der Waals surface area contributed by atoms with E-state index in [1.165, 1.54) is 0 Å². The zero-order valence-electron chi connectivity index (χ0n) is 11.0. The second-order valence-corrected chi connectivity index (χ2v) is 7.52. The average Bonchev–Trinajstić information content (AvgIpc) is 3.16. The molecule has 1 atom stereocenters. The molecule has 0 bridgehead atoms. The summed E-state index contributed by atoms with van der Waals surface area (Å²) in [5.74, 6) is -3.74. The van der Waals surface area contributed by atoms with Gasteiger partial charge in [0.15, 0.2) is 0 Å². The summed E-state index contributed by atoms with van der Waals surface area (Å²) in [6, 6.07) is 1.84. The van der Waals surface area contributed by atoms with Crippen molar-refractivity contribution < 1.29 is 35.5 Å². The molecular weight excluding hydrogens is 331 g/mol. The molecule has 1 N–H and O–H groups in total. The van der Waals surface area contributed by atoms with Crippen LogP contribution in [0, 0.1) is 0 Å². The Hall–Kier alpha value is -1.22. The molecule has 1 aromatic rings. The van der Waals surface area contributed by atoms with Crippen LogP contribution in [0.1, 0.15) is 41.6 Å². The molecule has 0 saturated heterocycles. The van der Waals surface area contributed by atoms with Crippen molar-refractivity contribution >= 4 is 9.84 Å². The molecule has 22 heavy (non-hydrogen) atoms. The summed E-state index contributed by atoms with van der Waals surface area (Å²) < 4.78 is 88.8. The average molecular weight is 342 g/mol. The number of benzene rings is 1. The zero-order valence-corrected chi connectivity index (χ0v) is 11.8. The molecule has 0 spiro atoms. The number of halogens is 5. The number of rotatable bonds is 2. The smallest absolute Gasteiger partial charge is 0.382 e. The molecule has 0 amide bonds. The van der Waals surface area contributed by atoms with Gasteiger partial charge in [-0.25, -0.2) is 17.2 Å². The highest BCUT2D eigenvalue weighted by Gasteiger charge is 2.55. The summed E-state index contributed by atoms with van der Waals surface area (Å²) in [6.45, 7) is 0. The van der Waals surface area contributed by atoms with Crippen LogP contribution >= 0.6 is 0 Å². The summed E-state index contributed by atoms with van der Waals surface area (Å²) in [6.07, 6.45) is -2.08. The molecule has 0 radical (unpaired) electrons. The van der Waals surface area contributed by atoms with Crippen LogP contribution in [0.5, 0.6) is 0 Å². The highest BCUT2D eigenvalue weighted by atomic mass is 32.2. The van der Waals surface area contributed by atoms with Crippen LogP contribution in [0.2, 0.25) is 0 Å². The molecule has 122 valence electrons. The van der Waals surface area contributed by atoms with Gasteiger partial charge in [0.2, 0.25) is 0 Å². The lowest BCUT2D eigenvalue weighted by Crippen LogP contribution is -2.26. The van der Waals surface area contributed by atoms with Gasteiger partial charge in [0.05, 0.1) is 4.90 Å². The van der Waals surface area contributed by atoms with E-state index in [2.05, 4.69) is 0 Å². The minimum Gasteiger partial charge on any atom is -0.382 e. The summed E-state index contributed by atoms with van der Waals surface area (Å²) in [4.78, 5) is -1.27. The third kappa shape index (κ3) is 2.13. The number of aliphatic hydroxyl groups is 1. The molecule has 9 heteroatoms.